The molecule has 3 heterocycles. The van der Waals surface area contributed by atoms with E-state index >= 15 is 0 Å². The van der Waals surface area contributed by atoms with Crippen LogP contribution in [0.15, 0.2) is 30.4 Å². The van der Waals surface area contributed by atoms with Crippen LogP contribution in [0.3, 0.4) is 0 Å². The first-order valence-electron chi connectivity index (χ1n) is 7.53. The van der Waals surface area contributed by atoms with Crippen molar-refractivity contribution < 1.29 is 33.8 Å². The quantitative estimate of drug-likeness (QED) is 0.132. The first-order valence-corrected chi connectivity index (χ1v) is 9.06. The highest BCUT2D eigenvalue weighted by Crippen LogP contribution is 2.37. The lowest BCUT2D eigenvalue weighted by atomic mass is 10.1. The molecule has 0 amide bonds. The molecule has 0 aromatic heterocycles. The van der Waals surface area contributed by atoms with E-state index in [1.807, 2.05) is 0 Å². The molecule has 0 spiro atoms. The summed E-state index contributed by atoms with van der Waals surface area (Å²) in [4.78, 5) is 30.1. The number of aliphatic hydroxyl groups is 2. The van der Waals surface area contributed by atoms with Crippen LogP contribution < -0.4 is 5.73 Å². The number of guanidine groups is 2. The molecule has 0 aromatic rings. The van der Waals surface area contributed by atoms with Gasteiger partial charge < -0.3 is 41.1 Å². The number of fused-ring (bicyclic) bond motifs is 1. The summed E-state index contributed by atoms with van der Waals surface area (Å²) < 4.78 is 20.6. The maximum atomic E-state index is 10.9. The number of diazo groups is 1. The zero-order valence-corrected chi connectivity index (χ0v) is 14.9. The molecule has 4 unspecified atom stereocenters. The molecular formula is C10H12N11O7P. The molecule has 0 radical (unpaired) electrons. The average molecular weight is 429 g/mol. The van der Waals surface area contributed by atoms with Gasteiger partial charge >= 0.3 is 18.9 Å². The van der Waals surface area contributed by atoms with Gasteiger partial charge in [0.25, 0.3) is 5.39 Å². The number of phosphoric acid groups is 1. The van der Waals surface area contributed by atoms with Crippen LogP contribution in [0.1, 0.15) is 0 Å². The highest BCUT2D eigenvalue weighted by atomic mass is 31.2. The minimum atomic E-state index is -4.87. The fourth-order valence-electron chi connectivity index (χ4n) is 2.65. The standard InChI is InChI=1S/C10H12N11O7P/c11-6-3-7(16-9(15-6)17-19-12)21(10(14-3)18-20-13)8-5(23)4(22)2(28-8)1-27-29(24,25)26/h2,4-5,8,22-23H,1H2,(H4-,11,12,15,17,24,25,26). The Morgan fingerprint density at radius 1 is 1.34 bits per heavy atom. The number of ether oxygens (including phenoxy) is 1. The average Bonchev–Trinajstić information content (AvgIpc) is 3.12. The summed E-state index contributed by atoms with van der Waals surface area (Å²) in [5.74, 6) is -1.18. The van der Waals surface area contributed by atoms with Crippen molar-refractivity contribution in [2.75, 3.05) is 6.61 Å². The van der Waals surface area contributed by atoms with Gasteiger partial charge in [0.15, 0.2) is 29.6 Å². The zero-order valence-electron chi connectivity index (χ0n) is 14.0. The third-order valence-corrected chi connectivity index (χ3v) is 4.29. The predicted molar refractivity (Wildman–Crippen MR) is 92.7 cm³/mol. The molecule has 154 valence electrons. The Morgan fingerprint density at radius 2 is 2.07 bits per heavy atom. The number of nitrogens with two attached hydrogens (primary N) is 1. The molecule has 3 aliphatic rings. The Labute approximate surface area is 160 Å². The summed E-state index contributed by atoms with van der Waals surface area (Å²) in [5.41, 5.74) is 14.2. The molecular weight excluding hydrogens is 417 g/mol. The van der Waals surface area contributed by atoms with E-state index in [9.17, 15) is 14.8 Å². The Kier molecular flexibility index (Phi) is 5.54. The second kappa shape index (κ2) is 7.76. The molecule has 0 aliphatic carbocycles. The molecule has 18 nitrogen and oxygen atoms in total. The number of hydrogen-bond donors (Lipinski definition) is 5. The van der Waals surface area contributed by atoms with E-state index in [4.69, 9.17) is 31.2 Å². The molecule has 1 fully saturated rings. The Balaban J connectivity index is 1.95. The van der Waals surface area contributed by atoms with Crippen LogP contribution >= 0.6 is 7.82 Å². The van der Waals surface area contributed by atoms with E-state index in [0.717, 1.165) is 4.90 Å². The molecule has 6 N–H and O–H groups in total. The summed E-state index contributed by atoms with van der Waals surface area (Å²) in [7, 11) is -4.87. The molecule has 19 heteroatoms. The van der Waals surface area contributed by atoms with Gasteiger partial charge in [-0.25, -0.2) is 14.5 Å². The highest BCUT2D eigenvalue weighted by Gasteiger charge is 2.52. The van der Waals surface area contributed by atoms with Crippen molar-refractivity contribution in [3.05, 3.63) is 10.6 Å². The van der Waals surface area contributed by atoms with Crippen molar-refractivity contribution in [3.8, 4) is 0 Å². The predicted octanol–water partition coefficient (Wildman–Crippen LogP) is -2.52. The number of amidine groups is 2. The number of aliphatic hydroxyl groups excluding tert-OH is 2. The lowest BCUT2D eigenvalue weighted by Crippen LogP contribution is -2.51. The molecule has 3 aliphatic heterocycles. The van der Waals surface area contributed by atoms with Crippen molar-refractivity contribution in [1.29, 1.82) is 5.39 Å². The van der Waals surface area contributed by atoms with Crippen molar-refractivity contribution in [2.24, 2.45) is 36.1 Å². The number of hydrogen-bond acceptors (Lipinski definition) is 9. The summed E-state index contributed by atoms with van der Waals surface area (Å²) in [6.07, 6.45) is -6.16. The largest absolute Gasteiger partial charge is 0.469 e. The zero-order chi connectivity index (χ0) is 21.3. The van der Waals surface area contributed by atoms with Gasteiger partial charge in [-0.2, -0.15) is 4.99 Å². The highest BCUT2D eigenvalue weighted by molar-refractivity contribution is 7.46. The number of rotatable bonds is 5. The summed E-state index contributed by atoms with van der Waals surface area (Å²) in [6.45, 7) is -0.760. The van der Waals surface area contributed by atoms with E-state index in [1.54, 1.807) is 0 Å². The Hall–Kier alpha value is -3.04. The van der Waals surface area contributed by atoms with E-state index in [2.05, 4.69) is 40.0 Å². The summed E-state index contributed by atoms with van der Waals surface area (Å²) in [6, 6.07) is 0. The fraction of sp³-hybridized carbons (Fsp3) is 0.500. The smallest absolute Gasteiger partial charge is 0.387 e. The van der Waals surface area contributed by atoms with E-state index in [1.165, 1.54) is 0 Å². The normalized spacial score (nSPS) is 32.0. The van der Waals surface area contributed by atoms with Gasteiger partial charge in [-0.1, -0.05) is 0 Å². The first kappa shape index (κ1) is 20.7. The molecule has 3 rings (SSSR count). The Morgan fingerprint density at radius 3 is 2.69 bits per heavy atom. The van der Waals surface area contributed by atoms with E-state index in [-0.39, 0.29) is 23.3 Å². The van der Waals surface area contributed by atoms with Crippen LogP contribution in [-0.2, 0) is 13.8 Å². The Bertz CT molecular complexity index is 962. The molecule has 0 saturated carbocycles. The van der Waals surface area contributed by atoms with Crippen molar-refractivity contribution in [1.82, 2.24) is 4.90 Å². The van der Waals surface area contributed by atoms with Gasteiger partial charge in [-0.15, -0.1) is 0 Å². The lowest BCUT2D eigenvalue weighted by molar-refractivity contribution is -0.0512. The molecule has 4 atom stereocenters. The van der Waals surface area contributed by atoms with Crippen LogP contribution in [0.5, 0.6) is 0 Å². The number of phosphoric ester groups is 1. The third-order valence-electron chi connectivity index (χ3n) is 3.80. The molecule has 0 aromatic carbocycles. The van der Waals surface area contributed by atoms with Gasteiger partial charge in [0, 0.05) is 0 Å². The molecule has 1 saturated heterocycles. The second-order valence-electron chi connectivity index (χ2n) is 5.57. The van der Waals surface area contributed by atoms with Gasteiger partial charge in [-0.05, 0) is 0 Å². The second-order valence-corrected chi connectivity index (χ2v) is 6.81. The van der Waals surface area contributed by atoms with Crippen molar-refractivity contribution in [3.63, 3.8) is 0 Å². The fourth-order valence-corrected chi connectivity index (χ4v) is 2.99. The van der Waals surface area contributed by atoms with Gasteiger partial charge in [0.05, 0.1) is 6.61 Å². The van der Waals surface area contributed by atoms with Gasteiger partial charge in [-0.3, -0.25) is 14.6 Å². The maximum Gasteiger partial charge on any atom is 0.469 e. The minimum absolute atomic E-state index is 0.0792. The summed E-state index contributed by atoms with van der Waals surface area (Å²) in [5, 5.41) is 41.0. The number of aliphatic imine (C=N–C) groups is 3. The monoisotopic (exact) mass is 429 g/mol. The van der Waals surface area contributed by atoms with Crippen LogP contribution in [0.4, 0.5) is 0 Å². The van der Waals surface area contributed by atoms with Crippen LogP contribution in [0.2, 0.25) is 0 Å². The van der Waals surface area contributed by atoms with E-state index in [0.29, 0.717) is 0 Å². The topological polar surface area (TPSA) is 270 Å². The SMILES string of the molecule is N#[N+]N=C1N=C2C(N)=NC(=NN=[N-])N=C2N1C1OC(COP(=O)(O)O)C(O)C1O. The molecule has 0 bridgehead atoms. The van der Waals surface area contributed by atoms with Crippen molar-refractivity contribution >= 4 is 37.1 Å². The third kappa shape index (κ3) is 4.06. The number of nitrogens with zero attached hydrogens (tertiary/aromatic N) is 10. The van der Waals surface area contributed by atoms with Gasteiger partial charge in [0.2, 0.25) is 5.10 Å². The van der Waals surface area contributed by atoms with Crippen LogP contribution in [-0.4, -0.2) is 85.3 Å². The molecule has 29 heavy (non-hydrogen) atoms. The van der Waals surface area contributed by atoms with Crippen LogP contribution in [0, 0.1) is 5.39 Å². The van der Waals surface area contributed by atoms with Crippen LogP contribution in [0.25, 0.3) is 10.6 Å². The van der Waals surface area contributed by atoms with Gasteiger partial charge in [0.1, 0.15) is 18.3 Å². The maximum absolute atomic E-state index is 10.9. The summed E-state index contributed by atoms with van der Waals surface area (Å²) >= 11 is 0. The lowest BCUT2D eigenvalue weighted by Gasteiger charge is -2.27. The minimum Gasteiger partial charge on any atom is -0.387 e. The van der Waals surface area contributed by atoms with E-state index < -0.39 is 44.9 Å². The van der Waals surface area contributed by atoms with Crippen molar-refractivity contribution in [2.45, 2.75) is 24.5 Å². The first-order chi connectivity index (χ1) is 13.7.